The van der Waals surface area contributed by atoms with Crippen LogP contribution in [0.15, 0.2) is 12.1 Å². The molecular formula is C11H14F3N5. The van der Waals surface area contributed by atoms with Gasteiger partial charge in [0.1, 0.15) is 5.82 Å². The minimum absolute atomic E-state index is 0.249. The molecule has 0 aromatic carbocycles. The molecule has 0 aliphatic carbocycles. The first kappa shape index (κ1) is 13.4. The van der Waals surface area contributed by atoms with Gasteiger partial charge < -0.3 is 5.32 Å². The third-order valence-electron chi connectivity index (χ3n) is 2.72. The van der Waals surface area contributed by atoms with E-state index in [0.29, 0.717) is 5.69 Å². The van der Waals surface area contributed by atoms with Crippen molar-refractivity contribution in [1.29, 1.82) is 0 Å². The maximum atomic E-state index is 12.5. The first-order valence-corrected chi connectivity index (χ1v) is 5.62. The van der Waals surface area contributed by atoms with Gasteiger partial charge in [-0.1, -0.05) is 0 Å². The lowest BCUT2D eigenvalue weighted by molar-refractivity contribution is -0.141. The predicted molar refractivity (Wildman–Crippen MR) is 63.5 cm³/mol. The summed E-state index contributed by atoms with van der Waals surface area (Å²) in [7, 11) is 3.25. The first-order valence-electron chi connectivity index (χ1n) is 5.62. The number of aromatic nitrogens is 4. The molecule has 0 saturated heterocycles. The van der Waals surface area contributed by atoms with E-state index in [1.165, 1.54) is 11.7 Å². The fraction of sp³-hybridized carbons (Fsp3) is 0.455. The average Bonchev–Trinajstić information content (AvgIpc) is 2.79. The molecule has 2 rings (SSSR count). The monoisotopic (exact) mass is 273 g/mol. The van der Waals surface area contributed by atoms with E-state index in [9.17, 15) is 13.2 Å². The Hall–Kier alpha value is -1.99. The minimum Gasteiger partial charge on any atom is -0.365 e. The molecule has 0 bridgehead atoms. The van der Waals surface area contributed by atoms with E-state index in [1.54, 1.807) is 11.7 Å². The van der Waals surface area contributed by atoms with E-state index < -0.39 is 11.9 Å². The zero-order valence-electron chi connectivity index (χ0n) is 10.8. The zero-order valence-corrected chi connectivity index (χ0v) is 10.8. The van der Waals surface area contributed by atoms with E-state index in [0.717, 1.165) is 17.6 Å². The van der Waals surface area contributed by atoms with Crippen LogP contribution in [-0.2, 0) is 26.8 Å². The van der Waals surface area contributed by atoms with Gasteiger partial charge in [-0.05, 0) is 13.0 Å². The van der Waals surface area contributed by atoms with Crippen LogP contribution in [-0.4, -0.2) is 19.6 Å². The molecule has 0 aliphatic rings. The molecule has 104 valence electrons. The number of nitrogens with zero attached hydrogens (tertiary/aromatic N) is 4. The molecule has 0 fully saturated rings. The smallest absolute Gasteiger partial charge is 0.365 e. The Kier molecular flexibility index (Phi) is 3.25. The Balaban J connectivity index is 2.12. The second kappa shape index (κ2) is 4.60. The van der Waals surface area contributed by atoms with Gasteiger partial charge in [0.2, 0.25) is 0 Å². The first-order chi connectivity index (χ1) is 8.77. The molecule has 0 radical (unpaired) electrons. The fourth-order valence-corrected chi connectivity index (χ4v) is 1.77. The van der Waals surface area contributed by atoms with Gasteiger partial charge in [0.25, 0.3) is 0 Å². The Morgan fingerprint density at radius 1 is 1.16 bits per heavy atom. The van der Waals surface area contributed by atoms with Gasteiger partial charge in [-0.3, -0.25) is 9.36 Å². The van der Waals surface area contributed by atoms with Crippen LogP contribution in [0.2, 0.25) is 0 Å². The maximum Gasteiger partial charge on any atom is 0.435 e. The van der Waals surface area contributed by atoms with Gasteiger partial charge in [0, 0.05) is 20.2 Å². The minimum atomic E-state index is -4.42. The summed E-state index contributed by atoms with van der Waals surface area (Å²) in [5.41, 5.74) is 0.408. The van der Waals surface area contributed by atoms with E-state index >= 15 is 0 Å². The summed E-state index contributed by atoms with van der Waals surface area (Å²) in [6.45, 7) is 2.09. The second-order valence-corrected chi connectivity index (χ2v) is 4.29. The number of nitrogens with one attached hydrogen (secondary N) is 1. The summed E-state index contributed by atoms with van der Waals surface area (Å²) in [6, 6.07) is 2.86. The van der Waals surface area contributed by atoms with E-state index in [4.69, 9.17) is 0 Å². The van der Waals surface area contributed by atoms with Crippen molar-refractivity contribution >= 4 is 5.82 Å². The van der Waals surface area contributed by atoms with Crippen LogP contribution in [0.1, 0.15) is 17.1 Å². The molecule has 5 nitrogen and oxygen atoms in total. The Labute approximate surface area is 108 Å². The second-order valence-electron chi connectivity index (χ2n) is 4.29. The maximum absolute atomic E-state index is 12.5. The summed E-state index contributed by atoms with van der Waals surface area (Å²) < 4.78 is 40.4. The van der Waals surface area contributed by atoms with Gasteiger partial charge in [0.05, 0.1) is 17.9 Å². The number of anilines is 1. The van der Waals surface area contributed by atoms with Gasteiger partial charge in [0.15, 0.2) is 5.69 Å². The van der Waals surface area contributed by atoms with Crippen LogP contribution >= 0.6 is 0 Å². The molecule has 1 N–H and O–H groups in total. The molecule has 0 saturated carbocycles. The van der Waals surface area contributed by atoms with Crippen LogP contribution in [0, 0.1) is 6.92 Å². The molecule has 8 heteroatoms. The number of halogens is 3. The summed E-state index contributed by atoms with van der Waals surface area (Å²) in [5.74, 6) is 0.743. The Bertz CT molecular complexity index is 582. The molecular weight excluding hydrogens is 259 g/mol. The summed E-state index contributed by atoms with van der Waals surface area (Å²) in [6.07, 6.45) is -4.42. The third-order valence-corrected chi connectivity index (χ3v) is 2.72. The normalized spacial score (nSPS) is 11.9. The third kappa shape index (κ3) is 2.88. The highest BCUT2D eigenvalue weighted by molar-refractivity contribution is 5.37. The fourth-order valence-electron chi connectivity index (χ4n) is 1.77. The van der Waals surface area contributed by atoms with E-state index in [1.807, 2.05) is 13.0 Å². The van der Waals surface area contributed by atoms with Gasteiger partial charge in [-0.25, -0.2) is 0 Å². The Morgan fingerprint density at radius 3 is 2.32 bits per heavy atom. The predicted octanol–water partition coefficient (Wildman–Crippen LogP) is 2.09. The summed E-state index contributed by atoms with van der Waals surface area (Å²) in [5, 5.41) is 10.6. The summed E-state index contributed by atoms with van der Waals surface area (Å²) in [4.78, 5) is 0. The molecule has 2 heterocycles. The topological polar surface area (TPSA) is 47.7 Å². The van der Waals surface area contributed by atoms with E-state index in [-0.39, 0.29) is 6.54 Å². The number of rotatable bonds is 3. The molecule has 19 heavy (non-hydrogen) atoms. The van der Waals surface area contributed by atoms with Crippen molar-refractivity contribution in [2.75, 3.05) is 5.32 Å². The SMILES string of the molecule is Cc1cc(NCc2cc(C(F)(F)F)nn2C)n(C)n1. The molecule has 0 atom stereocenters. The number of alkyl halides is 3. The van der Waals surface area contributed by atoms with Crippen molar-refractivity contribution in [3.63, 3.8) is 0 Å². The van der Waals surface area contributed by atoms with Crippen molar-refractivity contribution in [3.8, 4) is 0 Å². The van der Waals surface area contributed by atoms with Crippen LogP contribution < -0.4 is 5.32 Å². The van der Waals surface area contributed by atoms with Crippen LogP contribution in [0.25, 0.3) is 0 Å². The number of hydrogen-bond acceptors (Lipinski definition) is 3. The van der Waals surface area contributed by atoms with Crippen LogP contribution in [0.4, 0.5) is 19.0 Å². The molecule has 2 aromatic heterocycles. The molecule has 2 aromatic rings. The van der Waals surface area contributed by atoms with Crippen LogP contribution in [0.5, 0.6) is 0 Å². The quantitative estimate of drug-likeness (QED) is 0.931. The van der Waals surface area contributed by atoms with Gasteiger partial charge in [-0.2, -0.15) is 23.4 Å². The lowest BCUT2D eigenvalue weighted by Crippen LogP contribution is -2.08. The molecule has 0 aliphatic heterocycles. The molecule has 0 unspecified atom stereocenters. The Morgan fingerprint density at radius 2 is 1.84 bits per heavy atom. The zero-order chi connectivity index (χ0) is 14.2. The average molecular weight is 273 g/mol. The number of hydrogen-bond donors (Lipinski definition) is 1. The molecule has 0 spiro atoms. The van der Waals surface area contributed by atoms with Crippen molar-refractivity contribution in [1.82, 2.24) is 19.6 Å². The highest BCUT2D eigenvalue weighted by Gasteiger charge is 2.34. The van der Waals surface area contributed by atoms with E-state index in [2.05, 4.69) is 15.5 Å². The van der Waals surface area contributed by atoms with Crippen LogP contribution in [0.3, 0.4) is 0 Å². The summed E-state index contributed by atoms with van der Waals surface area (Å²) >= 11 is 0. The van der Waals surface area contributed by atoms with Crippen molar-refractivity contribution < 1.29 is 13.2 Å². The lowest BCUT2D eigenvalue weighted by Gasteiger charge is -2.06. The highest BCUT2D eigenvalue weighted by Crippen LogP contribution is 2.28. The highest BCUT2D eigenvalue weighted by atomic mass is 19.4. The van der Waals surface area contributed by atoms with Crippen molar-refractivity contribution in [3.05, 3.63) is 29.2 Å². The lowest BCUT2D eigenvalue weighted by atomic mass is 10.3. The van der Waals surface area contributed by atoms with Crippen molar-refractivity contribution in [2.24, 2.45) is 14.1 Å². The number of aryl methyl sites for hydroxylation is 3. The van der Waals surface area contributed by atoms with Crippen molar-refractivity contribution in [2.45, 2.75) is 19.6 Å². The van der Waals surface area contributed by atoms with Gasteiger partial charge >= 0.3 is 6.18 Å². The largest absolute Gasteiger partial charge is 0.435 e. The standard InChI is InChI=1S/C11H14F3N5/c1-7-4-10(19(3)16-7)15-6-8-5-9(11(12,13)14)17-18(8)2/h4-5,15H,6H2,1-3H3. The van der Waals surface area contributed by atoms with Gasteiger partial charge in [-0.15, -0.1) is 0 Å². The molecule has 0 amide bonds.